The first-order chi connectivity index (χ1) is 11.9. The standard InChI is InChI=1S/C17H19N3O4S/c1-11-2-6-13(7-3-11)18-17(25)19-15(10-21)16(22)12-4-8-14(9-5-12)20(23)24/h2-9,15-16,21-22H,10H2,1H3,(H2,18,19,25)/t15-,16-/m1/s1. The highest BCUT2D eigenvalue weighted by Gasteiger charge is 2.21. The van der Waals surface area contributed by atoms with E-state index in [4.69, 9.17) is 12.2 Å². The predicted octanol–water partition coefficient (Wildman–Crippen LogP) is 2.28. The number of non-ortho nitro benzene ring substituents is 1. The summed E-state index contributed by atoms with van der Waals surface area (Å²) in [5, 5.41) is 36.7. The lowest BCUT2D eigenvalue weighted by Crippen LogP contribution is -2.43. The zero-order chi connectivity index (χ0) is 18.4. The van der Waals surface area contributed by atoms with Gasteiger partial charge in [-0.3, -0.25) is 10.1 Å². The molecule has 7 nitrogen and oxygen atoms in total. The zero-order valence-corrected chi connectivity index (χ0v) is 14.4. The number of aryl methyl sites for hydroxylation is 1. The van der Waals surface area contributed by atoms with Gasteiger partial charge in [-0.2, -0.15) is 0 Å². The van der Waals surface area contributed by atoms with E-state index < -0.39 is 17.1 Å². The lowest BCUT2D eigenvalue weighted by atomic mass is 10.0. The minimum Gasteiger partial charge on any atom is -0.394 e. The number of aliphatic hydroxyl groups is 2. The molecule has 0 fully saturated rings. The highest BCUT2D eigenvalue weighted by molar-refractivity contribution is 7.80. The summed E-state index contributed by atoms with van der Waals surface area (Å²) < 4.78 is 0. The van der Waals surface area contributed by atoms with Gasteiger partial charge in [0.25, 0.3) is 5.69 Å². The summed E-state index contributed by atoms with van der Waals surface area (Å²) in [7, 11) is 0. The fourth-order valence-electron chi connectivity index (χ4n) is 2.22. The zero-order valence-electron chi connectivity index (χ0n) is 13.5. The van der Waals surface area contributed by atoms with E-state index in [-0.39, 0.29) is 17.4 Å². The van der Waals surface area contributed by atoms with E-state index >= 15 is 0 Å². The molecule has 0 saturated heterocycles. The molecule has 0 aliphatic rings. The van der Waals surface area contributed by atoms with Gasteiger partial charge in [-0.15, -0.1) is 0 Å². The minimum atomic E-state index is -1.08. The van der Waals surface area contributed by atoms with Crippen LogP contribution in [0.1, 0.15) is 17.2 Å². The Hall–Kier alpha value is -2.55. The van der Waals surface area contributed by atoms with E-state index in [1.807, 2.05) is 31.2 Å². The van der Waals surface area contributed by atoms with Crippen LogP contribution in [-0.2, 0) is 0 Å². The van der Waals surface area contributed by atoms with Crippen molar-refractivity contribution in [2.45, 2.75) is 19.1 Å². The van der Waals surface area contributed by atoms with Crippen LogP contribution in [0.3, 0.4) is 0 Å². The van der Waals surface area contributed by atoms with Crippen molar-refractivity contribution in [3.05, 3.63) is 69.8 Å². The van der Waals surface area contributed by atoms with Gasteiger partial charge in [0.15, 0.2) is 5.11 Å². The average Bonchev–Trinajstić information content (AvgIpc) is 2.61. The third kappa shape index (κ3) is 5.21. The van der Waals surface area contributed by atoms with E-state index in [0.717, 1.165) is 11.3 Å². The number of nitro groups is 1. The Kier molecular flexibility index (Phi) is 6.40. The van der Waals surface area contributed by atoms with Crippen LogP contribution in [0.5, 0.6) is 0 Å². The van der Waals surface area contributed by atoms with E-state index in [2.05, 4.69) is 10.6 Å². The van der Waals surface area contributed by atoms with Gasteiger partial charge in [0, 0.05) is 17.8 Å². The van der Waals surface area contributed by atoms with Crippen LogP contribution >= 0.6 is 12.2 Å². The summed E-state index contributed by atoms with van der Waals surface area (Å²) in [5.41, 5.74) is 2.27. The number of hydrogen-bond acceptors (Lipinski definition) is 5. The van der Waals surface area contributed by atoms with Crippen molar-refractivity contribution in [3.8, 4) is 0 Å². The Morgan fingerprint density at radius 1 is 1.20 bits per heavy atom. The van der Waals surface area contributed by atoms with Gasteiger partial charge >= 0.3 is 0 Å². The average molecular weight is 361 g/mol. The molecule has 2 aromatic carbocycles. The molecule has 2 aromatic rings. The number of anilines is 1. The van der Waals surface area contributed by atoms with E-state index in [1.54, 1.807) is 0 Å². The lowest BCUT2D eigenvalue weighted by molar-refractivity contribution is -0.384. The molecule has 2 atom stereocenters. The molecule has 25 heavy (non-hydrogen) atoms. The van der Waals surface area contributed by atoms with Crippen LogP contribution < -0.4 is 10.6 Å². The van der Waals surface area contributed by atoms with Crippen LogP contribution in [-0.4, -0.2) is 32.9 Å². The van der Waals surface area contributed by atoms with Crippen molar-refractivity contribution in [1.29, 1.82) is 0 Å². The predicted molar refractivity (Wildman–Crippen MR) is 99.5 cm³/mol. The van der Waals surface area contributed by atoms with Crippen LogP contribution in [0.4, 0.5) is 11.4 Å². The molecule has 0 amide bonds. The highest BCUT2D eigenvalue weighted by Crippen LogP contribution is 2.20. The fourth-order valence-corrected chi connectivity index (χ4v) is 2.49. The third-order valence-corrected chi connectivity index (χ3v) is 3.87. The van der Waals surface area contributed by atoms with Gasteiger partial charge in [0.1, 0.15) is 6.10 Å². The molecule has 4 N–H and O–H groups in total. The monoisotopic (exact) mass is 361 g/mol. The normalized spacial score (nSPS) is 12.9. The number of nitrogens with one attached hydrogen (secondary N) is 2. The van der Waals surface area contributed by atoms with Crippen molar-refractivity contribution in [3.63, 3.8) is 0 Å². The number of benzene rings is 2. The van der Waals surface area contributed by atoms with E-state index in [1.165, 1.54) is 24.3 Å². The van der Waals surface area contributed by atoms with Crippen molar-refractivity contribution < 1.29 is 15.1 Å². The first-order valence-corrected chi connectivity index (χ1v) is 7.99. The van der Waals surface area contributed by atoms with Crippen LogP contribution in [0.15, 0.2) is 48.5 Å². The summed E-state index contributed by atoms with van der Waals surface area (Å²) >= 11 is 5.20. The Labute approximate surface area is 150 Å². The van der Waals surface area contributed by atoms with Gasteiger partial charge in [-0.25, -0.2) is 0 Å². The van der Waals surface area contributed by atoms with E-state index in [0.29, 0.717) is 5.56 Å². The minimum absolute atomic E-state index is 0.0685. The maximum atomic E-state index is 10.7. The Bertz CT molecular complexity index is 735. The molecule has 8 heteroatoms. The second-order valence-electron chi connectivity index (χ2n) is 5.55. The quantitative estimate of drug-likeness (QED) is 0.355. The number of rotatable bonds is 6. The maximum Gasteiger partial charge on any atom is 0.269 e. The van der Waals surface area contributed by atoms with Gasteiger partial charge in [-0.1, -0.05) is 17.7 Å². The van der Waals surface area contributed by atoms with Crippen molar-refractivity contribution in [2.75, 3.05) is 11.9 Å². The SMILES string of the molecule is Cc1ccc(NC(=S)N[C@H](CO)[C@H](O)c2ccc([N+](=O)[O-])cc2)cc1. The molecular weight excluding hydrogens is 342 g/mol. The highest BCUT2D eigenvalue weighted by atomic mass is 32.1. The second kappa shape index (κ2) is 8.52. The van der Waals surface area contributed by atoms with Crippen molar-refractivity contribution in [2.24, 2.45) is 0 Å². The first kappa shape index (κ1) is 18.8. The third-order valence-electron chi connectivity index (χ3n) is 3.65. The number of thiocarbonyl (C=S) groups is 1. The first-order valence-electron chi connectivity index (χ1n) is 7.58. The summed E-state index contributed by atoms with van der Waals surface area (Å²) in [4.78, 5) is 10.2. The van der Waals surface area contributed by atoms with Gasteiger partial charge in [0.2, 0.25) is 0 Å². The summed E-state index contributed by atoms with van der Waals surface area (Å²) in [6.45, 7) is 1.61. The van der Waals surface area contributed by atoms with Crippen molar-refractivity contribution >= 4 is 28.7 Å². The molecule has 0 radical (unpaired) electrons. The number of aliphatic hydroxyl groups excluding tert-OH is 2. The molecular formula is C17H19N3O4S. The number of nitro benzene ring substituents is 1. The number of hydrogen-bond donors (Lipinski definition) is 4. The number of nitrogens with zero attached hydrogens (tertiary/aromatic N) is 1. The Morgan fingerprint density at radius 3 is 2.32 bits per heavy atom. The molecule has 0 aromatic heterocycles. The molecule has 0 aliphatic carbocycles. The summed E-state index contributed by atoms with van der Waals surface area (Å²) in [5.74, 6) is 0. The van der Waals surface area contributed by atoms with Gasteiger partial charge < -0.3 is 20.8 Å². The topological polar surface area (TPSA) is 108 Å². The molecule has 0 bridgehead atoms. The van der Waals surface area contributed by atoms with E-state index in [9.17, 15) is 20.3 Å². The lowest BCUT2D eigenvalue weighted by Gasteiger charge is -2.24. The molecule has 0 heterocycles. The molecule has 0 saturated carbocycles. The molecule has 132 valence electrons. The summed E-state index contributed by atoms with van der Waals surface area (Å²) in [6.07, 6.45) is -1.08. The molecule has 2 rings (SSSR count). The van der Waals surface area contributed by atoms with Crippen molar-refractivity contribution in [1.82, 2.24) is 5.32 Å². The molecule has 0 unspecified atom stereocenters. The smallest absolute Gasteiger partial charge is 0.269 e. The Morgan fingerprint density at radius 2 is 1.80 bits per heavy atom. The van der Waals surface area contributed by atoms with Gasteiger partial charge in [-0.05, 0) is 49.0 Å². The van der Waals surface area contributed by atoms with Crippen LogP contribution in [0, 0.1) is 17.0 Å². The Balaban J connectivity index is 2.01. The van der Waals surface area contributed by atoms with Crippen LogP contribution in [0.2, 0.25) is 0 Å². The fraction of sp³-hybridized carbons (Fsp3) is 0.235. The van der Waals surface area contributed by atoms with Crippen LogP contribution in [0.25, 0.3) is 0 Å². The maximum absolute atomic E-state index is 10.7. The summed E-state index contributed by atoms with van der Waals surface area (Å²) in [6, 6.07) is 12.3. The second-order valence-corrected chi connectivity index (χ2v) is 5.96. The molecule has 0 spiro atoms. The molecule has 0 aliphatic heterocycles. The van der Waals surface area contributed by atoms with Gasteiger partial charge in [0.05, 0.1) is 17.6 Å². The largest absolute Gasteiger partial charge is 0.394 e.